The van der Waals surface area contributed by atoms with Crippen molar-refractivity contribution in [1.29, 1.82) is 0 Å². The number of hydrogen-bond donors (Lipinski definition) is 2. The molecule has 19 heavy (non-hydrogen) atoms. The van der Waals surface area contributed by atoms with Crippen LogP contribution < -0.4 is 5.32 Å². The third kappa shape index (κ3) is 3.23. The van der Waals surface area contributed by atoms with Crippen LogP contribution in [0, 0.1) is 0 Å². The summed E-state index contributed by atoms with van der Waals surface area (Å²) in [6.07, 6.45) is 3.21. The maximum Gasteiger partial charge on any atom is 0.243 e. The predicted octanol–water partition coefficient (Wildman–Crippen LogP) is 0.659. The van der Waals surface area contributed by atoms with Crippen LogP contribution in [0.4, 0.5) is 5.82 Å². The molecular weight excluding hydrogens is 266 g/mol. The predicted molar refractivity (Wildman–Crippen MR) is 72.4 cm³/mol. The van der Waals surface area contributed by atoms with Crippen LogP contribution in [0.1, 0.15) is 19.8 Å². The normalized spacial score (nSPS) is 15.7. The average molecular weight is 285 g/mol. The standard InChI is InChI=1S/C12H19N3O3S/c1-2-13-12-9-11(5-6-14-12)19(17,18)15(7-8-16)10-3-4-10/h5-6,9-10,16H,2-4,7-8H2,1H3,(H,13,14). The van der Waals surface area contributed by atoms with Crippen molar-refractivity contribution in [2.24, 2.45) is 0 Å². The summed E-state index contributed by atoms with van der Waals surface area (Å²) in [4.78, 5) is 4.29. The minimum absolute atomic E-state index is 0.0351. The summed E-state index contributed by atoms with van der Waals surface area (Å²) < 4.78 is 26.4. The smallest absolute Gasteiger partial charge is 0.243 e. The SMILES string of the molecule is CCNc1cc(S(=O)(=O)N(CCO)C2CC2)ccn1. The first-order valence-corrected chi connectivity index (χ1v) is 7.86. The van der Waals surface area contributed by atoms with E-state index in [1.807, 2.05) is 6.92 Å². The van der Waals surface area contributed by atoms with Gasteiger partial charge in [-0.2, -0.15) is 4.31 Å². The summed E-state index contributed by atoms with van der Waals surface area (Å²) in [6.45, 7) is 2.58. The highest BCUT2D eigenvalue weighted by atomic mass is 32.2. The molecule has 1 fully saturated rings. The van der Waals surface area contributed by atoms with Crippen molar-refractivity contribution < 1.29 is 13.5 Å². The van der Waals surface area contributed by atoms with E-state index in [0.29, 0.717) is 12.4 Å². The van der Waals surface area contributed by atoms with E-state index >= 15 is 0 Å². The van der Waals surface area contributed by atoms with Gasteiger partial charge in [-0.15, -0.1) is 0 Å². The van der Waals surface area contributed by atoms with Crippen LogP contribution >= 0.6 is 0 Å². The number of anilines is 1. The summed E-state index contributed by atoms with van der Waals surface area (Å²) in [6, 6.07) is 3.06. The van der Waals surface area contributed by atoms with Crippen LogP contribution in [0.25, 0.3) is 0 Å². The molecule has 0 unspecified atom stereocenters. The molecule has 1 aromatic rings. The summed E-state index contributed by atoms with van der Waals surface area (Å²) in [7, 11) is -3.55. The van der Waals surface area contributed by atoms with Crippen LogP contribution in [0.2, 0.25) is 0 Å². The van der Waals surface area contributed by atoms with Gasteiger partial charge in [-0.1, -0.05) is 0 Å². The highest BCUT2D eigenvalue weighted by Gasteiger charge is 2.37. The van der Waals surface area contributed by atoms with E-state index in [9.17, 15) is 8.42 Å². The van der Waals surface area contributed by atoms with Gasteiger partial charge in [0, 0.05) is 31.4 Å². The fourth-order valence-electron chi connectivity index (χ4n) is 1.94. The fraction of sp³-hybridized carbons (Fsp3) is 0.583. The van der Waals surface area contributed by atoms with Gasteiger partial charge in [0.05, 0.1) is 11.5 Å². The van der Waals surface area contributed by atoms with Gasteiger partial charge in [-0.3, -0.25) is 0 Å². The lowest BCUT2D eigenvalue weighted by atomic mass is 10.4. The Labute approximate surface area is 113 Å². The van der Waals surface area contributed by atoms with E-state index in [0.717, 1.165) is 12.8 Å². The molecule has 0 aromatic carbocycles. The Morgan fingerprint density at radius 3 is 2.84 bits per heavy atom. The van der Waals surface area contributed by atoms with Crippen molar-refractivity contribution in [2.75, 3.05) is 25.0 Å². The number of nitrogens with zero attached hydrogens (tertiary/aromatic N) is 2. The zero-order chi connectivity index (χ0) is 13.9. The molecule has 1 aromatic heterocycles. The molecule has 0 atom stereocenters. The quantitative estimate of drug-likeness (QED) is 0.769. The number of aliphatic hydroxyl groups is 1. The Kier molecular flexibility index (Phi) is 4.38. The second kappa shape index (κ2) is 5.85. The Morgan fingerprint density at radius 1 is 1.53 bits per heavy atom. The first kappa shape index (κ1) is 14.2. The fourth-order valence-corrected chi connectivity index (χ4v) is 3.63. The molecule has 2 rings (SSSR count). The molecule has 7 heteroatoms. The van der Waals surface area contributed by atoms with Crippen molar-refractivity contribution in [3.05, 3.63) is 18.3 Å². The van der Waals surface area contributed by atoms with Crippen LogP contribution in [0.3, 0.4) is 0 Å². The van der Waals surface area contributed by atoms with Crippen molar-refractivity contribution >= 4 is 15.8 Å². The van der Waals surface area contributed by atoms with Crippen LogP contribution in [0.15, 0.2) is 23.2 Å². The van der Waals surface area contributed by atoms with Crippen molar-refractivity contribution in [1.82, 2.24) is 9.29 Å². The van der Waals surface area contributed by atoms with Gasteiger partial charge in [0.25, 0.3) is 0 Å². The summed E-state index contributed by atoms with van der Waals surface area (Å²) in [5.41, 5.74) is 0. The third-order valence-electron chi connectivity index (χ3n) is 2.97. The molecule has 1 aliphatic carbocycles. The van der Waals surface area contributed by atoms with E-state index in [1.54, 1.807) is 0 Å². The molecule has 6 nitrogen and oxygen atoms in total. The van der Waals surface area contributed by atoms with Gasteiger partial charge in [-0.05, 0) is 25.8 Å². The minimum Gasteiger partial charge on any atom is -0.395 e. The first-order chi connectivity index (χ1) is 9.09. The Hall–Kier alpha value is -1.18. The highest BCUT2D eigenvalue weighted by molar-refractivity contribution is 7.89. The van der Waals surface area contributed by atoms with Gasteiger partial charge in [-0.25, -0.2) is 13.4 Å². The molecule has 0 aliphatic heterocycles. The monoisotopic (exact) mass is 285 g/mol. The molecule has 0 spiro atoms. The lowest BCUT2D eigenvalue weighted by Gasteiger charge is -2.21. The van der Waals surface area contributed by atoms with Gasteiger partial charge in [0.15, 0.2) is 0 Å². The number of sulfonamides is 1. The van der Waals surface area contributed by atoms with E-state index in [4.69, 9.17) is 5.11 Å². The second-order valence-corrected chi connectivity index (χ2v) is 6.37. The maximum absolute atomic E-state index is 12.5. The van der Waals surface area contributed by atoms with Crippen LogP contribution in [-0.4, -0.2) is 48.6 Å². The lowest BCUT2D eigenvalue weighted by molar-refractivity contribution is 0.250. The largest absolute Gasteiger partial charge is 0.395 e. The van der Waals surface area contributed by atoms with E-state index in [2.05, 4.69) is 10.3 Å². The second-order valence-electron chi connectivity index (χ2n) is 4.48. The topological polar surface area (TPSA) is 82.5 Å². The van der Waals surface area contributed by atoms with Crippen molar-refractivity contribution in [3.63, 3.8) is 0 Å². The number of aromatic nitrogens is 1. The third-order valence-corrected chi connectivity index (χ3v) is 4.92. The van der Waals surface area contributed by atoms with E-state index in [1.165, 1.54) is 22.6 Å². The summed E-state index contributed by atoms with van der Waals surface area (Å²) in [5, 5.41) is 12.0. The number of nitrogens with one attached hydrogen (secondary N) is 1. The Morgan fingerprint density at radius 2 is 2.26 bits per heavy atom. The zero-order valence-electron chi connectivity index (χ0n) is 10.9. The van der Waals surface area contributed by atoms with Crippen molar-refractivity contribution in [3.8, 4) is 0 Å². The van der Waals surface area contributed by atoms with Crippen molar-refractivity contribution in [2.45, 2.75) is 30.7 Å². The number of hydrogen-bond acceptors (Lipinski definition) is 5. The van der Waals surface area contributed by atoms with Gasteiger partial charge in [0.2, 0.25) is 10.0 Å². The molecule has 1 saturated carbocycles. The number of rotatable bonds is 7. The molecule has 106 valence electrons. The maximum atomic E-state index is 12.5. The molecule has 0 radical (unpaired) electrons. The summed E-state index contributed by atoms with van der Waals surface area (Å²) in [5.74, 6) is 0.545. The number of pyridine rings is 1. The van der Waals surface area contributed by atoms with Crippen LogP contribution in [0.5, 0.6) is 0 Å². The highest BCUT2D eigenvalue weighted by Crippen LogP contribution is 2.31. The molecule has 0 amide bonds. The lowest BCUT2D eigenvalue weighted by Crippen LogP contribution is -2.35. The van der Waals surface area contributed by atoms with Gasteiger partial charge >= 0.3 is 0 Å². The summed E-state index contributed by atoms with van der Waals surface area (Å²) >= 11 is 0. The van der Waals surface area contributed by atoms with Crippen LogP contribution in [-0.2, 0) is 10.0 Å². The van der Waals surface area contributed by atoms with E-state index < -0.39 is 10.0 Å². The molecule has 2 N–H and O–H groups in total. The molecule has 0 saturated heterocycles. The van der Waals surface area contributed by atoms with Gasteiger partial charge in [0.1, 0.15) is 5.82 Å². The minimum atomic E-state index is -3.55. The molecular formula is C12H19N3O3S. The Bertz CT molecular complexity index is 529. The molecule has 1 aliphatic rings. The zero-order valence-corrected chi connectivity index (χ0v) is 11.7. The molecule has 0 bridgehead atoms. The average Bonchev–Trinajstić information content (AvgIpc) is 3.21. The van der Waals surface area contributed by atoms with Gasteiger partial charge < -0.3 is 10.4 Å². The first-order valence-electron chi connectivity index (χ1n) is 6.42. The molecule has 1 heterocycles. The number of aliphatic hydroxyl groups excluding tert-OH is 1. The van der Waals surface area contributed by atoms with E-state index in [-0.39, 0.29) is 24.1 Å². The Balaban J connectivity index is 2.29.